The van der Waals surface area contributed by atoms with Crippen LogP contribution in [0, 0.1) is 11.8 Å². The lowest BCUT2D eigenvalue weighted by molar-refractivity contribution is -0.0418. The van der Waals surface area contributed by atoms with Gasteiger partial charge < -0.3 is 10.2 Å². The number of aliphatic hydroxyl groups is 2. The Balaban J connectivity index is 4.05. The molecule has 12 heavy (non-hydrogen) atoms. The Labute approximate surface area is 75.6 Å². The molecular weight excluding hydrogens is 152 g/mol. The van der Waals surface area contributed by atoms with E-state index in [0.29, 0.717) is 0 Å². The van der Waals surface area contributed by atoms with Gasteiger partial charge in [-0.15, -0.1) is 0 Å². The molecule has 0 radical (unpaired) electrons. The van der Waals surface area contributed by atoms with Crippen LogP contribution in [0.3, 0.4) is 0 Å². The number of hydrogen-bond donors (Lipinski definition) is 2. The van der Waals surface area contributed by atoms with E-state index in [1.165, 1.54) is 0 Å². The van der Waals surface area contributed by atoms with Crippen molar-refractivity contribution < 1.29 is 10.2 Å². The summed E-state index contributed by atoms with van der Waals surface area (Å²) < 4.78 is 0. The van der Waals surface area contributed by atoms with Crippen LogP contribution in [0.1, 0.15) is 40.5 Å². The zero-order valence-corrected chi connectivity index (χ0v) is 8.62. The molecule has 0 saturated heterocycles. The van der Waals surface area contributed by atoms with Crippen LogP contribution < -0.4 is 0 Å². The molecule has 2 nitrogen and oxygen atoms in total. The second kappa shape index (κ2) is 5.55. The second-order valence-corrected chi connectivity index (χ2v) is 3.80. The Morgan fingerprint density at radius 3 is 1.58 bits per heavy atom. The zero-order chi connectivity index (χ0) is 9.72. The Kier molecular flexibility index (Phi) is 5.51. The van der Waals surface area contributed by atoms with Crippen LogP contribution in [0.25, 0.3) is 0 Å². The highest BCUT2D eigenvalue weighted by Gasteiger charge is 2.25. The van der Waals surface area contributed by atoms with Crippen molar-refractivity contribution in [1.29, 1.82) is 0 Å². The minimum Gasteiger partial charge on any atom is -0.390 e. The molecule has 74 valence electrons. The summed E-state index contributed by atoms with van der Waals surface area (Å²) in [6, 6.07) is 0. The Hall–Kier alpha value is -0.0800. The maximum Gasteiger partial charge on any atom is 0.0829 e. The minimum atomic E-state index is -0.574. The smallest absolute Gasteiger partial charge is 0.0829 e. The van der Waals surface area contributed by atoms with Gasteiger partial charge in [0.15, 0.2) is 0 Å². The van der Waals surface area contributed by atoms with Crippen LogP contribution in [0.4, 0.5) is 0 Å². The van der Waals surface area contributed by atoms with Gasteiger partial charge in [-0.2, -0.15) is 0 Å². The van der Waals surface area contributed by atoms with Gasteiger partial charge in [-0.3, -0.25) is 0 Å². The standard InChI is InChI=1S/C10H22O2/c1-5-8(6-2)10(12)9(11)7(3)4/h7-12H,5-6H2,1-4H3. The first-order chi connectivity index (χ1) is 5.54. The van der Waals surface area contributed by atoms with Crippen LogP contribution in [0.5, 0.6) is 0 Å². The lowest BCUT2D eigenvalue weighted by Crippen LogP contribution is -2.36. The summed E-state index contributed by atoms with van der Waals surface area (Å²) in [6.45, 7) is 7.95. The molecule has 0 rings (SSSR count). The predicted octanol–water partition coefficient (Wildman–Crippen LogP) is 1.80. The van der Waals surface area contributed by atoms with Gasteiger partial charge in [-0.25, -0.2) is 0 Å². The Morgan fingerprint density at radius 1 is 0.917 bits per heavy atom. The molecule has 2 unspecified atom stereocenters. The van der Waals surface area contributed by atoms with E-state index < -0.39 is 12.2 Å². The van der Waals surface area contributed by atoms with E-state index in [1.807, 2.05) is 27.7 Å². The molecule has 0 aliphatic carbocycles. The van der Waals surface area contributed by atoms with Gasteiger partial charge in [0.1, 0.15) is 0 Å². The molecule has 0 spiro atoms. The first-order valence-corrected chi connectivity index (χ1v) is 4.90. The largest absolute Gasteiger partial charge is 0.390 e. The normalized spacial score (nSPS) is 17.0. The van der Waals surface area contributed by atoms with Crippen molar-refractivity contribution in [2.24, 2.45) is 11.8 Å². The fourth-order valence-electron chi connectivity index (χ4n) is 1.44. The van der Waals surface area contributed by atoms with Crippen LogP contribution in [-0.2, 0) is 0 Å². The highest BCUT2D eigenvalue weighted by atomic mass is 16.3. The van der Waals surface area contributed by atoms with Crippen molar-refractivity contribution in [1.82, 2.24) is 0 Å². The van der Waals surface area contributed by atoms with Gasteiger partial charge in [0.05, 0.1) is 12.2 Å². The van der Waals surface area contributed by atoms with E-state index in [0.717, 1.165) is 12.8 Å². The van der Waals surface area contributed by atoms with Crippen molar-refractivity contribution in [2.45, 2.75) is 52.7 Å². The highest BCUT2D eigenvalue weighted by molar-refractivity contribution is 4.76. The molecule has 0 aromatic rings. The quantitative estimate of drug-likeness (QED) is 0.667. The lowest BCUT2D eigenvalue weighted by Gasteiger charge is -2.27. The molecule has 2 heteroatoms. The molecule has 2 N–H and O–H groups in total. The molecule has 0 aromatic heterocycles. The minimum absolute atomic E-state index is 0.139. The third kappa shape index (κ3) is 3.11. The Bertz CT molecular complexity index is 106. The molecule has 0 saturated carbocycles. The Morgan fingerprint density at radius 2 is 1.33 bits per heavy atom. The third-order valence-corrected chi connectivity index (χ3v) is 2.56. The van der Waals surface area contributed by atoms with Gasteiger partial charge >= 0.3 is 0 Å². The van der Waals surface area contributed by atoms with Crippen LogP contribution in [-0.4, -0.2) is 22.4 Å². The maximum absolute atomic E-state index is 9.70. The van der Waals surface area contributed by atoms with Crippen LogP contribution >= 0.6 is 0 Å². The van der Waals surface area contributed by atoms with Crippen molar-refractivity contribution in [3.63, 3.8) is 0 Å². The van der Waals surface area contributed by atoms with E-state index in [1.54, 1.807) is 0 Å². The van der Waals surface area contributed by atoms with E-state index in [4.69, 9.17) is 0 Å². The van der Waals surface area contributed by atoms with Gasteiger partial charge in [0.25, 0.3) is 0 Å². The van der Waals surface area contributed by atoms with E-state index in [9.17, 15) is 10.2 Å². The van der Waals surface area contributed by atoms with Crippen molar-refractivity contribution in [3.8, 4) is 0 Å². The van der Waals surface area contributed by atoms with E-state index in [2.05, 4.69) is 0 Å². The third-order valence-electron chi connectivity index (χ3n) is 2.56. The van der Waals surface area contributed by atoms with Gasteiger partial charge in [-0.05, 0) is 11.8 Å². The number of hydrogen-bond acceptors (Lipinski definition) is 2. The fourth-order valence-corrected chi connectivity index (χ4v) is 1.44. The molecule has 0 aromatic carbocycles. The summed E-state index contributed by atoms with van der Waals surface area (Å²) in [5, 5.41) is 19.3. The van der Waals surface area contributed by atoms with Crippen LogP contribution in [0.15, 0.2) is 0 Å². The molecular formula is C10H22O2. The molecule has 0 heterocycles. The maximum atomic E-state index is 9.70. The summed E-state index contributed by atoms with van der Waals surface area (Å²) >= 11 is 0. The van der Waals surface area contributed by atoms with Crippen molar-refractivity contribution >= 4 is 0 Å². The molecule has 0 amide bonds. The average Bonchev–Trinajstić information content (AvgIpc) is 2.05. The number of aliphatic hydroxyl groups excluding tert-OH is 2. The summed E-state index contributed by atoms with van der Waals surface area (Å²) in [5.74, 6) is 0.378. The highest BCUT2D eigenvalue weighted by Crippen LogP contribution is 2.19. The first-order valence-electron chi connectivity index (χ1n) is 4.90. The van der Waals surface area contributed by atoms with Gasteiger partial charge in [-0.1, -0.05) is 40.5 Å². The van der Waals surface area contributed by atoms with Gasteiger partial charge in [0, 0.05) is 0 Å². The summed E-state index contributed by atoms with van der Waals surface area (Å²) in [4.78, 5) is 0. The summed E-state index contributed by atoms with van der Waals surface area (Å²) in [6.07, 6.45) is 0.734. The molecule has 0 bridgehead atoms. The zero-order valence-electron chi connectivity index (χ0n) is 8.62. The SMILES string of the molecule is CCC(CC)C(O)C(O)C(C)C. The lowest BCUT2D eigenvalue weighted by atomic mass is 9.88. The van der Waals surface area contributed by atoms with Crippen LogP contribution in [0.2, 0.25) is 0 Å². The van der Waals surface area contributed by atoms with E-state index >= 15 is 0 Å². The van der Waals surface area contributed by atoms with E-state index in [-0.39, 0.29) is 11.8 Å². The van der Waals surface area contributed by atoms with Crippen molar-refractivity contribution in [3.05, 3.63) is 0 Å². The number of rotatable bonds is 5. The summed E-state index contributed by atoms with van der Waals surface area (Å²) in [5.41, 5.74) is 0. The summed E-state index contributed by atoms with van der Waals surface area (Å²) in [7, 11) is 0. The fraction of sp³-hybridized carbons (Fsp3) is 1.00. The topological polar surface area (TPSA) is 40.5 Å². The molecule has 2 atom stereocenters. The van der Waals surface area contributed by atoms with Crippen molar-refractivity contribution in [2.75, 3.05) is 0 Å². The molecule has 0 aliphatic heterocycles. The molecule has 0 fully saturated rings. The van der Waals surface area contributed by atoms with Gasteiger partial charge in [0.2, 0.25) is 0 Å². The molecule has 0 aliphatic rings. The first kappa shape index (κ1) is 11.9. The average molecular weight is 174 g/mol. The monoisotopic (exact) mass is 174 g/mol. The second-order valence-electron chi connectivity index (χ2n) is 3.80. The predicted molar refractivity (Wildman–Crippen MR) is 50.9 cm³/mol.